The van der Waals surface area contributed by atoms with Crippen LogP contribution >= 0.6 is 11.3 Å². The van der Waals surface area contributed by atoms with Gasteiger partial charge < -0.3 is 5.32 Å². The standard InChI is InChI=1S/C14H15NOS/c1-10(2)11-5-3-6-12(9-11)15-14(16)13-7-4-8-17-13/h3-10H,1-2H3,(H,15,16). The molecule has 0 atom stereocenters. The average Bonchev–Trinajstić information content (AvgIpc) is 2.82. The van der Waals surface area contributed by atoms with Gasteiger partial charge in [-0.25, -0.2) is 0 Å². The van der Waals surface area contributed by atoms with E-state index in [9.17, 15) is 4.79 Å². The fourth-order valence-corrected chi connectivity index (χ4v) is 2.19. The maximum Gasteiger partial charge on any atom is 0.265 e. The number of amides is 1. The molecule has 1 amide bonds. The van der Waals surface area contributed by atoms with Gasteiger partial charge in [0.25, 0.3) is 5.91 Å². The first-order valence-corrected chi connectivity index (χ1v) is 6.49. The summed E-state index contributed by atoms with van der Waals surface area (Å²) in [5.74, 6) is 0.425. The first kappa shape index (κ1) is 11.9. The molecule has 0 bridgehead atoms. The third-order valence-corrected chi connectivity index (χ3v) is 3.42. The van der Waals surface area contributed by atoms with Gasteiger partial charge in [0.2, 0.25) is 0 Å². The lowest BCUT2D eigenvalue weighted by molar-refractivity contribution is 0.103. The van der Waals surface area contributed by atoms with Crippen molar-refractivity contribution in [2.45, 2.75) is 19.8 Å². The third-order valence-electron chi connectivity index (χ3n) is 2.56. The highest BCUT2D eigenvalue weighted by Gasteiger charge is 2.07. The zero-order valence-electron chi connectivity index (χ0n) is 9.94. The Bertz CT molecular complexity index is 503. The van der Waals surface area contributed by atoms with Gasteiger partial charge in [0.1, 0.15) is 0 Å². The number of thiophene rings is 1. The molecule has 0 aliphatic heterocycles. The highest BCUT2D eigenvalue weighted by atomic mass is 32.1. The molecular formula is C14H15NOS. The van der Waals surface area contributed by atoms with Crippen molar-refractivity contribution in [2.75, 3.05) is 5.32 Å². The number of hydrogen-bond donors (Lipinski definition) is 1. The minimum atomic E-state index is -0.0408. The average molecular weight is 245 g/mol. The Labute approximate surface area is 105 Å². The van der Waals surface area contributed by atoms with Gasteiger partial charge in [-0.15, -0.1) is 11.3 Å². The van der Waals surface area contributed by atoms with Crippen LogP contribution in [-0.4, -0.2) is 5.91 Å². The number of benzene rings is 1. The van der Waals surface area contributed by atoms with E-state index in [2.05, 4.69) is 25.2 Å². The highest BCUT2D eigenvalue weighted by molar-refractivity contribution is 7.12. The Morgan fingerprint density at radius 3 is 2.71 bits per heavy atom. The summed E-state index contributed by atoms with van der Waals surface area (Å²) in [7, 11) is 0. The minimum absolute atomic E-state index is 0.0408. The van der Waals surface area contributed by atoms with Crippen molar-refractivity contribution in [1.29, 1.82) is 0 Å². The molecule has 0 saturated carbocycles. The van der Waals surface area contributed by atoms with Gasteiger partial charge in [0.05, 0.1) is 4.88 Å². The molecule has 0 aliphatic carbocycles. The van der Waals surface area contributed by atoms with Crippen LogP contribution in [0, 0.1) is 0 Å². The summed E-state index contributed by atoms with van der Waals surface area (Å²) in [4.78, 5) is 12.6. The summed E-state index contributed by atoms with van der Waals surface area (Å²) < 4.78 is 0. The fraction of sp³-hybridized carbons (Fsp3) is 0.214. The summed E-state index contributed by atoms with van der Waals surface area (Å²) in [6, 6.07) is 11.7. The van der Waals surface area contributed by atoms with Crippen molar-refractivity contribution < 1.29 is 4.79 Å². The molecule has 88 valence electrons. The van der Waals surface area contributed by atoms with Gasteiger partial charge in [-0.05, 0) is 35.1 Å². The fourth-order valence-electron chi connectivity index (χ4n) is 1.58. The Kier molecular flexibility index (Phi) is 3.59. The molecule has 0 aliphatic rings. The highest BCUT2D eigenvalue weighted by Crippen LogP contribution is 2.19. The second-order valence-electron chi connectivity index (χ2n) is 4.21. The topological polar surface area (TPSA) is 29.1 Å². The third kappa shape index (κ3) is 2.94. The lowest BCUT2D eigenvalue weighted by Gasteiger charge is -2.08. The molecule has 0 radical (unpaired) electrons. The lowest BCUT2D eigenvalue weighted by Crippen LogP contribution is -2.10. The predicted octanol–water partition coefficient (Wildman–Crippen LogP) is 4.12. The van der Waals surface area contributed by atoms with Crippen molar-refractivity contribution in [2.24, 2.45) is 0 Å². The monoisotopic (exact) mass is 245 g/mol. The molecule has 2 rings (SSSR count). The zero-order chi connectivity index (χ0) is 12.3. The van der Waals surface area contributed by atoms with Gasteiger partial charge >= 0.3 is 0 Å². The lowest BCUT2D eigenvalue weighted by atomic mass is 10.0. The van der Waals surface area contributed by atoms with E-state index in [0.29, 0.717) is 5.92 Å². The maximum atomic E-state index is 11.9. The zero-order valence-corrected chi connectivity index (χ0v) is 10.8. The van der Waals surface area contributed by atoms with Gasteiger partial charge in [0, 0.05) is 5.69 Å². The van der Waals surface area contributed by atoms with Crippen LogP contribution in [0.1, 0.15) is 35.0 Å². The van der Waals surface area contributed by atoms with Crippen LogP contribution < -0.4 is 5.32 Å². The van der Waals surface area contributed by atoms with Crippen molar-refractivity contribution in [3.8, 4) is 0 Å². The Morgan fingerprint density at radius 1 is 1.24 bits per heavy atom. The van der Waals surface area contributed by atoms with E-state index < -0.39 is 0 Å². The normalized spacial score (nSPS) is 10.5. The number of anilines is 1. The van der Waals surface area contributed by atoms with Gasteiger partial charge in [-0.1, -0.05) is 32.0 Å². The van der Waals surface area contributed by atoms with Crippen LogP contribution in [0.25, 0.3) is 0 Å². The number of carbonyl (C=O) groups is 1. The second-order valence-corrected chi connectivity index (χ2v) is 5.16. The molecule has 0 unspecified atom stereocenters. The predicted molar refractivity (Wildman–Crippen MR) is 72.8 cm³/mol. The van der Waals surface area contributed by atoms with E-state index in [1.165, 1.54) is 16.9 Å². The first-order chi connectivity index (χ1) is 8.16. The van der Waals surface area contributed by atoms with E-state index in [1.807, 2.05) is 35.7 Å². The molecule has 1 aromatic heterocycles. The molecule has 0 spiro atoms. The van der Waals surface area contributed by atoms with E-state index in [4.69, 9.17) is 0 Å². The molecular weight excluding hydrogens is 230 g/mol. The first-order valence-electron chi connectivity index (χ1n) is 5.61. The smallest absolute Gasteiger partial charge is 0.265 e. The summed E-state index contributed by atoms with van der Waals surface area (Å²) in [5.41, 5.74) is 2.09. The Hall–Kier alpha value is -1.61. The summed E-state index contributed by atoms with van der Waals surface area (Å²) in [5, 5.41) is 4.81. The van der Waals surface area contributed by atoms with Crippen LogP contribution in [0.5, 0.6) is 0 Å². The van der Waals surface area contributed by atoms with Crippen molar-refractivity contribution >= 4 is 22.9 Å². The number of carbonyl (C=O) groups excluding carboxylic acids is 1. The quantitative estimate of drug-likeness (QED) is 0.865. The molecule has 1 aromatic carbocycles. The summed E-state index contributed by atoms with van der Waals surface area (Å²) >= 11 is 1.45. The van der Waals surface area contributed by atoms with Gasteiger partial charge in [-0.2, -0.15) is 0 Å². The molecule has 2 aromatic rings. The van der Waals surface area contributed by atoms with Crippen LogP contribution in [0.15, 0.2) is 41.8 Å². The van der Waals surface area contributed by atoms with Crippen molar-refractivity contribution in [3.63, 3.8) is 0 Å². The molecule has 2 nitrogen and oxygen atoms in total. The van der Waals surface area contributed by atoms with Crippen LogP contribution in [0.2, 0.25) is 0 Å². The number of rotatable bonds is 3. The second kappa shape index (κ2) is 5.15. The van der Waals surface area contributed by atoms with Gasteiger partial charge in [-0.3, -0.25) is 4.79 Å². The van der Waals surface area contributed by atoms with E-state index in [0.717, 1.165) is 10.6 Å². The van der Waals surface area contributed by atoms with Crippen LogP contribution in [0.4, 0.5) is 5.69 Å². The number of hydrogen-bond acceptors (Lipinski definition) is 2. The van der Waals surface area contributed by atoms with Crippen LogP contribution in [0.3, 0.4) is 0 Å². The van der Waals surface area contributed by atoms with E-state index >= 15 is 0 Å². The summed E-state index contributed by atoms with van der Waals surface area (Å²) in [6.45, 7) is 4.28. The molecule has 17 heavy (non-hydrogen) atoms. The maximum absolute atomic E-state index is 11.9. The Balaban J connectivity index is 2.14. The molecule has 0 fully saturated rings. The SMILES string of the molecule is CC(C)c1cccc(NC(=O)c2cccs2)c1. The van der Waals surface area contributed by atoms with Crippen LogP contribution in [-0.2, 0) is 0 Å². The minimum Gasteiger partial charge on any atom is -0.321 e. The molecule has 1 N–H and O–H groups in total. The van der Waals surface area contributed by atoms with Crippen molar-refractivity contribution in [1.82, 2.24) is 0 Å². The van der Waals surface area contributed by atoms with E-state index in [1.54, 1.807) is 0 Å². The molecule has 0 saturated heterocycles. The molecule has 1 heterocycles. The van der Waals surface area contributed by atoms with E-state index in [-0.39, 0.29) is 5.91 Å². The van der Waals surface area contributed by atoms with Crippen molar-refractivity contribution in [3.05, 3.63) is 52.2 Å². The molecule has 3 heteroatoms. The largest absolute Gasteiger partial charge is 0.321 e. The Morgan fingerprint density at radius 2 is 2.06 bits per heavy atom. The van der Waals surface area contributed by atoms with Gasteiger partial charge in [0.15, 0.2) is 0 Å². The summed E-state index contributed by atoms with van der Waals surface area (Å²) in [6.07, 6.45) is 0. The number of nitrogens with one attached hydrogen (secondary N) is 1.